The molecule has 0 radical (unpaired) electrons. The van der Waals surface area contributed by atoms with Crippen molar-refractivity contribution in [3.05, 3.63) is 89.2 Å². The number of halogens is 1. The number of ether oxygens (including phenoxy) is 2. The van der Waals surface area contributed by atoms with Gasteiger partial charge in [0, 0.05) is 5.56 Å². The number of imidazole rings is 1. The van der Waals surface area contributed by atoms with Gasteiger partial charge in [-0.15, -0.1) is 0 Å². The molecule has 136 valence electrons. The van der Waals surface area contributed by atoms with Crippen molar-refractivity contribution in [2.45, 2.75) is 13.2 Å². The van der Waals surface area contributed by atoms with E-state index in [0.717, 1.165) is 28.2 Å². The SMILES string of the molecule is COc1ccccc1Cn1c(COc2ccccc2Cl)nc2ccccc21. The molecule has 0 saturated heterocycles. The predicted molar refractivity (Wildman–Crippen MR) is 108 cm³/mol. The molecule has 0 fully saturated rings. The van der Waals surface area contributed by atoms with Gasteiger partial charge in [-0.1, -0.05) is 54.1 Å². The lowest BCUT2D eigenvalue weighted by molar-refractivity contribution is 0.291. The van der Waals surface area contributed by atoms with E-state index in [4.69, 9.17) is 26.1 Å². The highest BCUT2D eigenvalue weighted by molar-refractivity contribution is 6.32. The van der Waals surface area contributed by atoms with Crippen LogP contribution in [-0.4, -0.2) is 16.7 Å². The summed E-state index contributed by atoms with van der Waals surface area (Å²) in [7, 11) is 1.69. The van der Waals surface area contributed by atoms with Gasteiger partial charge in [-0.3, -0.25) is 0 Å². The molecule has 0 saturated carbocycles. The Morgan fingerprint density at radius 1 is 0.889 bits per heavy atom. The van der Waals surface area contributed by atoms with Crippen molar-refractivity contribution >= 4 is 22.6 Å². The summed E-state index contributed by atoms with van der Waals surface area (Å²) in [6.45, 7) is 0.972. The molecule has 4 rings (SSSR count). The summed E-state index contributed by atoms with van der Waals surface area (Å²) in [5.41, 5.74) is 3.08. The zero-order valence-corrected chi connectivity index (χ0v) is 15.7. The molecular formula is C22H19ClN2O2. The molecule has 27 heavy (non-hydrogen) atoms. The van der Waals surface area contributed by atoms with Crippen LogP contribution in [0, 0.1) is 0 Å². The van der Waals surface area contributed by atoms with Crippen LogP contribution in [0.5, 0.6) is 11.5 Å². The molecule has 0 unspecified atom stereocenters. The molecule has 4 nitrogen and oxygen atoms in total. The summed E-state index contributed by atoms with van der Waals surface area (Å²) in [5.74, 6) is 2.34. The van der Waals surface area contributed by atoms with Crippen molar-refractivity contribution in [1.82, 2.24) is 9.55 Å². The summed E-state index contributed by atoms with van der Waals surface area (Å²) in [4.78, 5) is 4.76. The van der Waals surface area contributed by atoms with Crippen LogP contribution in [0.15, 0.2) is 72.8 Å². The number of nitrogens with zero attached hydrogens (tertiary/aromatic N) is 2. The smallest absolute Gasteiger partial charge is 0.148 e. The molecular weight excluding hydrogens is 360 g/mol. The zero-order chi connectivity index (χ0) is 18.6. The molecule has 1 aromatic heterocycles. The number of methoxy groups -OCH3 is 1. The van der Waals surface area contributed by atoms with Crippen molar-refractivity contribution in [3.63, 3.8) is 0 Å². The maximum absolute atomic E-state index is 6.21. The van der Waals surface area contributed by atoms with Crippen LogP contribution in [0.3, 0.4) is 0 Å². The first kappa shape index (κ1) is 17.4. The van der Waals surface area contributed by atoms with E-state index in [9.17, 15) is 0 Å². The van der Waals surface area contributed by atoms with Gasteiger partial charge in [0.1, 0.15) is 23.9 Å². The topological polar surface area (TPSA) is 36.3 Å². The largest absolute Gasteiger partial charge is 0.496 e. The van der Waals surface area contributed by atoms with Crippen LogP contribution in [0.1, 0.15) is 11.4 Å². The van der Waals surface area contributed by atoms with Crippen LogP contribution in [0.4, 0.5) is 0 Å². The predicted octanol–water partition coefficient (Wildman–Crippen LogP) is 5.33. The average Bonchev–Trinajstić information content (AvgIpc) is 3.05. The van der Waals surface area contributed by atoms with E-state index in [2.05, 4.69) is 16.7 Å². The van der Waals surface area contributed by atoms with E-state index >= 15 is 0 Å². The Balaban J connectivity index is 1.70. The first-order valence-corrected chi connectivity index (χ1v) is 9.07. The van der Waals surface area contributed by atoms with Crippen LogP contribution in [0.2, 0.25) is 5.02 Å². The molecule has 3 aromatic carbocycles. The molecule has 0 aliphatic carbocycles. The third kappa shape index (κ3) is 3.62. The van der Waals surface area contributed by atoms with E-state index in [1.165, 1.54) is 0 Å². The maximum atomic E-state index is 6.21. The molecule has 0 spiro atoms. The van der Waals surface area contributed by atoms with Gasteiger partial charge in [0.25, 0.3) is 0 Å². The Labute approximate surface area is 162 Å². The van der Waals surface area contributed by atoms with Crippen LogP contribution in [0.25, 0.3) is 11.0 Å². The number of fused-ring (bicyclic) bond motifs is 1. The molecule has 0 aliphatic rings. The van der Waals surface area contributed by atoms with E-state index < -0.39 is 0 Å². The van der Waals surface area contributed by atoms with E-state index in [0.29, 0.717) is 23.9 Å². The summed E-state index contributed by atoms with van der Waals surface area (Å²) < 4.78 is 13.6. The summed E-state index contributed by atoms with van der Waals surface area (Å²) in [6.07, 6.45) is 0. The molecule has 0 N–H and O–H groups in total. The number of aromatic nitrogens is 2. The van der Waals surface area contributed by atoms with E-state index in [1.54, 1.807) is 7.11 Å². The fourth-order valence-electron chi connectivity index (χ4n) is 3.12. The minimum Gasteiger partial charge on any atom is -0.496 e. The molecule has 5 heteroatoms. The zero-order valence-electron chi connectivity index (χ0n) is 14.9. The monoisotopic (exact) mass is 378 g/mol. The molecule has 4 aromatic rings. The van der Waals surface area contributed by atoms with Crippen LogP contribution >= 0.6 is 11.6 Å². The van der Waals surface area contributed by atoms with Gasteiger partial charge < -0.3 is 14.0 Å². The van der Waals surface area contributed by atoms with Gasteiger partial charge in [0.15, 0.2) is 0 Å². The fraction of sp³-hybridized carbons (Fsp3) is 0.136. The second-order valence-corrected chi connectivity index (χ2v) is 6.54. The molecule has 0 aliphatic heterocycles. The first-order valence-electron chi connectivity index (χ1n) is 8.69. The number of hydrogen-bond donors (Lipinski definition) is 0. The minimum atomic E-state index is 0.327. The Morgan fingerprint density at radius 3 is 2.41 bits per heavy atom. The second-order valence-electron chi connectivity index (χ2n) is 6.13. The highest BCUT2D eigenvalue weighted by Gasteiger charge is 2.14. The quantitative estimate of drug-likeness (QED) is 0.455. The van der Waals surface area contributed by atoms with Crippen molar-refractivity contribution in [1.29, 1.82) is 0 Å². The van der Waals surface area contributed by atoms with Crippen LogP contribution in [-0.2, 0) is 13.2 Å². The lowest BCUT2D eigenvalue weighted by atomic mass is 10.2. The molecule has 0 atom stereocenters. The van der Waals surface area contributed by atoms with Crippen molar-refractivity contribution in [2.75, 3.05) is 7.11 Å². The van der Waals surface area contributed by atoms with Gasteiger partial charge in [0.05, 0.1) is 29.7 Å². The summed E-state index contributed by atoms with van der Waals surface area (Å²) >= 11 is 6.21. The molecule has 0 bridgehead atoms. The third-order valence-corrected chi connectivity index (χ3v) is 4.76. The number of rotatable bonds is 6. The molecule has 0 amide bonds. The normalized spacial score (nSPS) is 10.9. The first-order chi connectivity index (χ1) is 13.3. The van der Waals surface area contributed by atoms with Gasteiger partial charge in [-0.25, -0.2) is 4.98 Å². The highest BCUT2D eigenvalue weighted by Crippen LogP contribution is 2.26. The number of benzene rings is 3. The second kappa shape index (κ2) is 7.72. The fourth-order valence-corrected chi connectivity index (χ4v) is 3.31. The number of para-hydroxylation sites is 4. The summed E-state index contributed by atoms with van der Waals surface area (Å²) in [6, 6.07) is 23.5. The van der Waals surface area contributed by atoms with Gasteiger partial charge in [0.2, 0.25) is 0 Å². The lowest BCUT2D eigenvalue weighted by Gasteiger charge is -2.13. The standard InChI is InChI=1S/C22H19ClN2O2/c1-26-20-12-6-2-8-16(20)14-25-19-11-5-4-10-18(19)24-22(25)15-27-21-13-7-3-9-17(21)23/h2-13H,14-15H2,1H3. The minimum absolute atomic E-state index is 0.327. The van der Waals surface area contributed by atoms with Crippen molar-refractivity contribution in [3.8, 4) is 11.5 Å². The summed E-state index contributed by atoms with van der Waals surface area (Å²) in [5, 5.41) is 0.588. The molecule has 1 heterocycles. The van der Waals surface area contributed by atoms with Crippen molar-refractivity contribution < 1.29 is 9.47 Å². The third-order valence-electron chi connectivity index (χ3n) is 4.45. The van der Waals surface area contributed by atoms with Crippen LogP contribution < -0.4 is 9.47 Å². The maximum Gasteiger partial charge on any atom is 0.148 e. The highest BCUT2D eigenvalue weighted by atomic mass is 35.5. The lowest BCUT2D eigenvalue weighted by Crippen LogP contribution is -2.09. The Kier molecular flexibility index (Phi) is 4.99. The van der Waals surface area contributed by atoms with E-state index in [1.807, 2.05) is 60.7 Å². The Hall–Kier alpha value is -2.98. The van der Waals surface area contributed by atoms with Gasteiger partial charge in [-0.05, 0) is 30.3 Å². The number of hydrogen-bond acceptors (Lipinski definition) is 3. The Morgan fingerprint density at radius 2 is 1.59 bits per heavy atom. The van der Waals surface area contributed by atoms with Crippen molar-refractivity contribution in [2.24, 2.45) is 0 Å². The van der Waals surface area contributed by atoms with Gasteiger partial charge >= 0.3 is 0 Å². The van der Waals surface area contributed by atoms with E-state index in [-0.39, 0.29) is 0 Å². The Bertz CT molecular complexity index is 1070. The van der Waals surface area contributed by atoms with Gasteiger partial charge in [-0.2, -0.15) is 0 Å². The average molecular weight is 379 g/mol.